The molecule has 0 radical (unpaired) electrons. The largest absolute Gasteiger partial charge is 0.366 e. The Labute approximate surface area is 102 Å². The Morgan fingerprint density at radius 1 is 1.25 bits per heavy atom. The topological polar surface area (TPSA) is 37.8 Å². The Balaban J connectivity index is 2.02. The van der Waals surface area contributed by atoms with Crippen LogP contribution in [0.3, 0.4) is 0 Å². The van der Waals surface area contributed by atoms with Crippen molar-refractivity contribution in [3.05, 3.63) is 17.5 Å². The van der Waals surface area contributed by atoms with Crippen molar-refractivity contribution < 1.29 is 0 Å². The zero-order valence-corrected chi connectivity index (χ0v) is 10.4. The van der Waals surface area contributed by atoms with Crippen LogP contribution in [-0.2, 0) is 0 Å². The second-order valence-electron chi connectivity index (χ2n) is 4.59. The molecule has 1 aliphatic carbocycles. The van der Waals surface area contributed by atoms with Crippen molar-refractivity contribution in [2.45, 2.75) is 45.1 Å². The molecule has 1 heterocycles. The van der Waals surface area contributed by atoms with Gasteiger partial charge < -0.3 is 5.32 Å². The molecule has 1 aromatic heterocycles. The lowest BCUT2D eigenvalue weighted by molar-refractivity contribution is 0.455. The van der Waals surface area contributed by atoms with E-state index in [1.165, 1.54) is 32.1 Å². The zero-order chi connectivity index (χ0) is 11.4. The van der Waals surface area contributed by atoms with Gasteiger partial charge in [-0.3, -0.25) is 4.98 Å². The minimum absolute atomic E-state index is 0.450. The maximum atomic E-state index is 5.82. The van der Waals surface area contributed by atoms with Crippen LogP contribution in [0.15, 0.2) is 12.4 Å². The molecule has 0 aliphatic heterocycles. The van der Waals surface area contributed by atoms with Gasteiger partial charge in [-0.1, -0.05) is 37.8 Å². The quantitative estimate of drug-likeness (QED) is 0.803. The Morgan fingerprint density at radius 2 is 2.06 bits per heavy atom. The molecule has 3 nitrogen and oxygen atoms in total. The number of hydrogen-bond donors (Lipinski definition) is 1. The summed E-state index contributed by atoms with van der Waals surface area (Å²) in [5.41, 5.74) is 0. The van der Waals surface area contributed by atoms with Crippen LogP contribution in [0.5, 0.6) is 0 Å². The van der Waals surface area contributed by atoms with Crippen molar-refractivity contribution in [3.8, 4) is 0 Å². The molecule has 1 aliphatic rings. The molecule has 1 N–H and O–H groups in total. The highest BCUT2D eigenvalue weighted by Gasteiger charge is 2.19. The Morgan fingerprint density at radius 3 is 2.88 bits per heavy atom. The molecular formula is C12H18ClN3. The van der Waals surface area contributed by atoms with Crippen LogP contribution >= 0.6 is 11.6 Å². The summed E-state index contributed by atoms with van der Waals surface area (Å²) in [6.07, 6.45) is 9.81. The van der Waals surface area contributed by atoms with Gasteiger partial charge in [0.1, 0.15) is 11.0 Å². The van der Waals surface area contributed by atoms with Gasteiger partial charge in [0.2, 0.25) is 0 Å². The molecule has 1 fully saturated rings. The first kappa shape index (κ1) is 11.6. The van der Waals surface area contributed by atoms with E-state index in [1.807, 2.05) is 0 Å². The van der Waals surface area contributed by atoms with Gasteiger partial charge in [-0.25, -0.2) is 4.98 Å². The van der Waals surface area contributed by atoms with E-state index in [1.54, 1.807) is 12.4 Å². The summed E-state index contributed by atoms with van der Waals surface area (Å²) >= 11 is 5.82. The third-order valence-electron chi connectivity index (χ3n) is 3.30. The van der Waals surface area contributed by atoms with E-state index >= 15 is 0 Å². The van der Waals surface area contributed by atoms with E-state index in [0.29, 0.717) is 17.1 Å². The average molecular weight is 240 g/mol. The predicted molar refractivity (Wildman–Crippen MR) is 66.7 cm³/mol. The summed E-state index contributed by atoms with van der Waals surface area (Å²) in [4.78, 5) is 8.27. The SMILES string of the molecule is CC1CCCCCC1Nc1cncc(Cl)n1. The summed E-state index contributed by atoms with van der Waals surface area (Å²) < 4.78 is 0. The first-order valence-electron chi connectivity index (χ1n) is 6.00. The monoisotopic (exact) mass is 239 g/mol. The summed E-state index contributed by atoms with van der Waals surface area (Å²) in [7, 11) is 0. The number of aromatic nitrogens is 2. The smallest absolute Gasteiger partial charge is 0.149 e. The van der Waals surface area contributed by atoms with Gasteiger partial charge in [-0.15, -0.1) is 0 Å². The second-order valence-corrected chi connectivity index (χ2v) is 4.98. The van der Waals surface area contributed by atoms with Crippen LogP contribution in [0.1, 0.15) is 39.0 Å². The van der Waals surface area contributed by atoms with Crippen LogP contribution in [-0.4, -0.2) is 16.0 Å². The molecule has 2 unspecified atom stereocenters. The first-order chi connectivity index (χ1) is 7.75. The van der Waals surface area contributed by atoms with Gasteiger partial charge in [0.15, 0.2) is 0 Å². The summed E-state index contributed by atoms with van der Waals surface area (Å²) in [5.74, 6) is 1.49. The van der Waals surface area contributed by atoms with E-state index in [-0.39, 0.29) is 0 Å². The molecule has 1 aromatic rings. The van der Waals surface area contributed by atoms with Crippen molar-refractivity contribution >= 4 is 17.4 Å². The van der Waals surface area contributed by atoms with Crippen molar-refractivity contribution in [1.29, 1.82) is 0 Å². The molecule has 16 heavy (non-hydrogen) atoms. The third kappa shape index (κ3) is 3.08. The number of anilines is 1. The van der Waals surface area contributed by atoms with Gasteiger partial charge in [0, 0.05) is 6.04 Å². The number of halogens is 1. The molecule has 1 saturated carbocycles. The van der Waals surface area contributed by atoms with Crippen LogP contribution in [0.4, 0.5) is 5.82 Å². The molecule has 0 saturated heterocycles. The summed E-state index contributed by atoms with van der Waals surface area (Å²) in [6.45, 7) is 2.31. The molecule has 0 spiro atoms. The second kappa shape index (κ2) is 5.48. The van der Waals surface area contributed by atoms with E-state index in [9.17, 15) is 0 Å². The minimum Gasteiger partial charge on any atom is -0.366 e. The Bertz CT molecular complexity index is 343. The standard InChI is InChI=1S/C12H18ClN3/c1-9-5-3-2-4-6-10(9)15-12-8-14-7-11(13)16-12/h7-10H,2-6H2,1H3,(H,15,16). The first-order valence-corrected chi connectivity index (χ1v) is 6.37. The summed E-state index contributed by atoms with van der Waals surface area (Å²) in [6, 6.07) is 0.510. The van der Waals surface area contributed by atoms with Gasteiger partial charge in [-0.05, 0) is 18.8 Å². The van der Waals surface area contributed by atoms with Crippen molar-refractivity contribution in [2.75, 3.05) is 5.32 Å². The van der Waals surface area contributed by atoms with Gasteiger partial charge in [0.25, 0.3) is 0 Å². The Kier molecular flexibility index (Phi) is 3.99. The van der Waals surface area contributed by atoms with Gasteiger partial charge in [0.05, 0.1) is 12.4 Å². The number of rotatable bonds is 2. The predicted octanol–water partition coefficient (Wildman–Crippen LogP) is 3.51. The van der Waals surface area contributed by atoms with E-state index in [4.69, 9.17) is 11.6 Å². The normalized spacial score (nSPS) is 26.1. The fourth-order valence-corrected chi connectivity index (χ4v) is 2.46. The van der Waals surface area contributed by atoms with Gasteiger partial charge in [-0.2, -0.15) is 0 Å². The van der Waals surface area contributed by atoms with Crippen LogP contribution in [0.2, 0.25) is 5.15 Å². The fraction of sp³-hybridized carbons (Fsp3) is 0.667. The lowest BCUT2D eigenvalue weighted by atomic mass is 9.97. The van der Waals surface area contributed by atoms with E-state index in [2.05, 4.69) is 22.2 Å². The average Bonchev–Trinajstić information content (AvgIpc) is 2.45. The van der Waals surface area contributed by atoms with E-state index in [0.717, 1.165) is 5.82 Å². The van der Waals surface area contributed by atoms with E-state index < -0.39 is 0 Å². The third-order valence-corrected chi connectivity index (χ3v) is 3.48. The number of nitrogens with zero attached hydrogens (tertiary/aromatic N) is 2. The lowest BCUT2D eigenvalue weighted by Crippen LogP contribution is -2.26. The number of hydrogen-bond acceptors (Lipinski definition) is 3. The highest BCUT2D eigenvalue weighted by atomic mass is 35.5. The molecule has 2 rings (SSSR count). The van der Waals surface area contributed by atoms with Crippen molar-refractivity contribution in [2.24, 2.45) is 5.92 Å². The fourth-order valence-electron chi connectivity index (χ4n) is 2.31. The van der Waals surface area contributed by atoms with Crippen molar-refractivity contribution in [3.63, 3.8) is 0 Å². The molecule has 0 aromatic carbocycles. The van der Waals surface area contributed by atoms with Crippen molar-refractivity contribution in [1.82, 2.24) is 9.97 Å². The number of nitrogens with one attached hydrogen (secondary N) is 1. The molecular weight excluding hydrogens is 222 g/mol. The minimum atomic E-state index is 0.450. The maximum absolute atomic E-state index is 5.82. The molecule has 88 valence electrons. The molecule has 0 bridgehead atoms. The molecule has 4 heteroatoms. The van der Waals surface area contributed by atoms with Crippen LogP contribution < -0.4 is 5.32 Å². The highest BCUT2D eigenvalue weighted by molar-refractivity contribution is 6.29. The molecule has 2 atom stereocenters. The van der Waals surface area contributed by atoms with Gasteiger partial charge >= 0.3 is 0 Å². The Hall–Kier alpha value is -0.830. The zero-order valence-electron chi connectivity index (χ0n) is 9.62. The van der Waals surface area contributed by atoms with Crippen LogP contribution in [0.25, 0.3) is 0 Å². The molecule has 0 amide bonds. The maximum Gasteiger partial charge on any atom is 0.149 e. The lowest BCUT2D eigenvalue weighted by Gasteiger charge is -2.23. The highest BCUT2D eigenvalue weighted by Crippen LogP contribution is 2.25. The van der Waals surface area contributed by atoms with Crippen LogP contribution in [0, 0.1) is 5.92 Å². The summed E-state index contributed by atoms with van der Waals surface area (Å²) in [5, 5.41) is 3.90.